The fraction of sp³-hybridized carbons (Fsp3) is 0.357. The Morgan fingerprint density at radius 3 is 2.79 bits per heavy atom. The predicted octanol–water partition coefficient (Wildman–Crippen LogP) is 1.34. The van der Waals surface area contributed by atoms with Gasteiger partial charge < -0.3 is 15.1 Å². The number of methoxy groups -OCH3 is 1. The lowest BCUT2D eigenvalue weighted by molar-refractivity contribution is 0.216. The van der Waals surface area contributed by atoms with Gasteiger partial charge >= 0.3 is 0 Å². The van der Waals surface area contributed by atoms with Gasteiger partial charge in [-0.15, -0.1) is 0 Å². The van der Waals surface area contributed by atoms with Crippen LogP contribution in [0.25, 0.3) is 0 Å². The minimum absolute atomic E-state index is 0.596. The van der Waals surface area contributed by atoms with E-state index in [1.54, 1.807) is 7.11 Å². The summed E-state index contributed by atoms with van der Waals surface area (Å²) < 4.78 is 5.26. The molecule has 0 saturated heterocycles. The maximum absolute atomic E-state index is 5.26. The van der Waals surface area contributed by atoms with Gasteiger partial charge in [-0.25, -0.2) is 0 Å². The number of likely N-dealkylation sites (N-methyl/N-ethyl adjacent to an activating group) is 1. The number of nitrogens with zero attached hydrogens (tertiary/aromatic N) is 3. The van der Waals surface area contributed by atoms with Gasteiger partial charge in [-0.3, -0.25) is 9.99 Å². The first kappa shape index (κ1) is 13.4. The van der Waals surface area contributed by atoms with Crippen LogP contribution in [-0.2, 0) is 11.3 Å². The number of nitrogens with one attached hydrogen (secondary N) is 1. The Kier molecular flexibility index (Phi) is 4.41. The van der Waals surface area contributed by atoms with E-state index in [1.807, 2.05) is 49.0 Å². The van der Waals surface area contributed by atoms with Crippen molar-refractivity contribution in [2.45, 2.75) is 6.54 Å². The van der Waals surface area contributed by atoms with Crippen molar-refractivity contribution < 1.29 is 4.74 Å². The Morgan fingerprint density at radius 2 is 2.11 bits per heavy atom. The molecule has 1 aliphatic heterocycles. The normalized spacial score (nSPS) is 14.6. The molecule has 0 spiro atoms. The molecule has 0 aromatic carbocycles. The minimum atomic E-state index is 0.596. The molecule has 5 nitrogen and oxygen atoms in total. The third kappa shape index (κ3) is 3.48. The molecule has 0 unspecified atom stereocenters. The van der Waals surface area contributed by atoms with Gasteiger partial charge in [-0.05, 0) is 17.7 Å². The highest BCUT2D eigenvalue weighted by Gasteiger charge is 2.15. The van der Waals surface area contributed by atoms with Crippen LogP contribution in [-0.4, -0.2) is 42.7 Å². The Labute approximate surface area is 114 Å². The van der Waals surface area contributed by atoms with E-state index in [2.05, 4.69) is 22.4 Å². The van der Waals surface area contributed by atoms with Crippen LogP contribution in [0, 0.1) is 0 Å². The number of pyridine rings is 1. The van der Waals surface area contributed by atoms with E-state index < -0.39 is 0 Å². The molecule has 0 aliphatic carbocycles. The topological polar surface area (TPSA) is 40.6 Å². The molecule has 0 radical (unpaired) electrons. The van der Waals surface area contributed by atoms with Crippen LogP contribution in [0.5, 0.6) is 0 Å². The SMILES string of the molecule is COCC1=CN(C)NC=C1N(C)Cc1ccncc1. The molecule has 0 atom stereocenters. The number of hydrogen-bond donors (Lipinski definition) is 1. The lowest BCUT2D eigenvalue weighted by Crippen LogP contribution is -2.33. The zero-order valence-electron chi connectivity index (χ0n) is 11.6. The second-order valence-electron chi connectivity index (χ2n) is 4.57. The molecule has 19 heavy (non-hydrogen) atoms. The fourth-order valence-electron chi connectivity index (χ4n) is 2.06. The summed E-state index contributed by atoms with van der Waals surface area (Å²) in [5.41, 5.74) is 6.69. The van der Waals surface area contributed by atoms with Crippen LogP contribution < -0.4 is 5.43 Å². The molecule has 1 N–H and O–H groups in total. The summed E-state index contributed by atoms with van der Waals surface area (Å²) in [4.78, 5) is 6.23. The summed E-state index contributed by atoms with van der Waals surface area (Å²) >= 11 is 0. The van der Waals surface area contributed by atoms with Crippen molar-refractivity contribution in [3.63, 3.8) is 0 Å². The molecule has 0 amide bonds. The van der Waals surface area contributed by atoms with Gasteiger partial charge in [0.05, 0.1) is 12.3 Å². The third-order valence-electron chi connectivity index (χ3n) is 2.96. The van der Waals surface area contributed by atoms with E-state index >= 15 is 0 Å². The Hall–Kier alpha value is -2.01. The first-order chi connectivity index (χ1) is 9.20. The highest BCUT2D eigenvalue weighted by Crippen LogP contribution is 2.19. The lowest BCUT2D eigenvalue weighted by atomic mass is 10.1. The summed E-state index contributed by atoms with van der Waals surface area (Å²) in [6.45, 7) is 1.43. The van der Waals surface area contributed by atoms with Crippen LogP contribution in [0.15, 0.2) is 48.2 Å². The predicted molar refractivity (Wildman–Crippen MR) is 74.6 cm³/mol. The zero-order chi connectivity index (χ0) is 13.7. The Morgan fingerprint density at radius 1 is 1.37 bits per heavy atom. The standard InChI is InChI=1S/C14H20N4O/c1-17(9-12-4-6-15-7-5-12)14-8-16-18(2)10-13(14)11-19-3/h4-8,10,16H,9,11H2,1-3H3. The molecule has 0 fully saturated rings. The van der Waals surface area contributed by atoms with Gasteiger partial charge in [-0.2, -0.15) is 0 Å². The molecule has 1 aromatic heterocycles. The van der Waals surface area contributed by atoms with E-state index in [9.17, 15) is 0 Å². The van der Waals surface area contributed by atoms with Crippen LogP contribution in [0.2, 0.25) is 0 Å². The van der Waals surface area contributed by atoms with Gasteiger partial charge in [0.25, 0.3) is 0 Å². The molecule has 0 bridgehead atoms. The van der Waals surface area contributed by atoms with Crippen molar-refractivity contribution in [1.29, 1.82) is 0 Å². The number of ether oxygens (including phenoxy) is 1. The van der Waals surface area contributed by atoms with E-state index in [0.717, 1.165) is 17.8 Å². The van der Waals surface area contributed by atoms with Crippen LogP contribution in [0.4, 0.5) is 0 Å². The molecular formula is C14H20N4O. The third-order valence-corrected chi connectivity index (χ3v) is 2.96. The summed E-state index contributed by atoms with van der Waals surface area (Å²) in [7, 11) is 5.75. The van der Waals surface area contributed by atoms with Crippen LogP contribution >= 0.6 is 0 Å². The smallest absolute Gasteiger partial charge is 0.0748 e. The second kappa shape index (κ2) is 6.24. The number of hydrogen-bond acceptors (Lipinski definition) is 5. The van der Waals surface area contributed by atoms with Gasteiger partial charge in [0, 0.05) is 58.1 Å². The molecular weight excluding hydrogens is 240 g/mol. The maximum Gasteiger partial charge on any atom is 0.0748 e. The quantitative estimate of drug-likeness (QED) is 0.865. The molecule has 1 aliphatic rings. The first-order valence-electron chi connectivity index (χ1n) is 6.20. The molecule has 2 heterocycles. The zero-order valence-corrected chi connectivity index (χ0v) is 11.6. The number of rotatable bonds is 5. The summed E-state index contributed by atoms with van der Waals surface area (Å²) in [5, 5.41) is 1.91. The van der Waals surface area contributed by atoms with Crippen LogP contribution in [0.1, 0.15) is 5.56 Å². The molecule has 2 rings (SSSR count). The fourth-order valence-corrected chi connectivity index (χ4v) is 2.06. The highest BCUT2D eigenvalue weighted by atomic mass is 16.5. The summed E-state index contributed by atoms with van der Waals surface area (Å²) in [6, 6.07) is 4.05. The van der Waals surface area contributed by atoms with Crippen molar-refractivity contribution in [3.8, 4) is 0 Å². The van der Waals surface area contributed by atoms with Gasteiger partial charge in [-0.1, -0.05) is 0 Å². The average molecular weight is 260 g/mol. The maximum atomic E-state index is 5.26. The average Bonchev–Trinajstić information content (AvgIpc) is 2.40. The number of aromatic nitrogens is 1. The summed E-state index contributed by atoms with van der Waals surface area (Å²) in [6.07, 6.45) is 7.67. The molecule has 5 heteroatoms. The lowest BCUT2D eigenvalue weighted by Gasteiger charge is -2.30. The second-order valence-corrected chi connectivity index (χ2v) is 4.57. The Bertz CT molecular complexity index is 470. The largest absolute Gasteiger partial charge is 0.380 e. The van der Waals surface area contributed by atoms with E-state index in [-0.39, 0.29) is 0 Å². The van der Waals surface area contributed by atoms with Crippen LogP contribution in [0.3, 0.4) is 0 Å². The highest BCUT2D eigenvalue weighted by molar-refractivity contribution is 5.32. The van der Waals surface area contributed by atoms with Crippen molar-refractivity contribution in [2.24, 2.45) is 0 Å². The van der Waals surface area contributed by atoms with E-state index in [4.69, 9.17) is 4.74 Å². The van der Waals surface area contributed by atoms with Gasteiger partial charge in [0.1, 0.15) is 0 Å². The number of hydrazine groups is 1. The van der Waals surface area contributed by atoms with Crippen molar-refractivity contribution >= 4 is 0 Å². The molecule has 102 valence electrons. The van der Waals surface area contributed by atoms with E-state index in [1.165, 1.54) is 5.56 Å². The van der Waals surface area contributed by atoms with Crippen molar-refractivity contribution in [2.75, 3.05) is 27.8 Å². The Balaban J connectivity index is 2.09. The molecule has 1 aromatic rings. The van der Waals surface area contributed by atoms with Gasteiger partial charge in [0.15, 0.2) is 0 Å². The summed E-state index contributed by atoms with van der Waals surface area (Å²) in [5.74, 6) is 0. The van der Waals surface area contributed by atoms with E-state index in [0.29, 0.717) is 6.61 Å². The minimum Gasteiger partial charge on any atom is -0.380 e. The first-order valence-corrected chi connectivity index (χ1v) is 6.20. The van der Waals surface area contributed by atoms with Crippen molar-refractivity contribution in [1.82, 2.24) is 20.3 Å². The van der Waals surface area contributed by atoms with Crippen molar-refractivity contribution in [3.05, 3.63) is 53.8 Å². The molecule has 0 saturated carbocycles. The monoisotopic (exact) mass is 260 g/mol. The van der Waals surface area contributed by atoms with Gasteiger partial charge in [0.2, 0.25) is 0 Å².